The molecule has 0 saturated carbocycles. The Bertz CT molecular complexity index is 612. The van der Waals surface area contributed by atoms with Crippen molar-refractivity contribution in [2.75, 3.05) is 20.1 Å². The third-order valence-corrected chi connectivity index (χ3v) is 3.63. The average molecular weight is 321 g/mol. The van der Waals surface area contributed by atoms with Crippen LogP contribution in [0.15, 0.2) is 12.3 Å². The van der Waals surface area contributed by atoms with Gasteiger partial charge in [-0.15, -0.1) is 0 Å². The molecule has 1 atom stereocenters. The molecule has 1 fully saturated rings. The summed E-state index contributed by atoms with van der Waals surface area (Å²) in [5.74, 6) is -1.03. The monoisotopic (exact) mass is 321 g/mol. The Labute approximate surface area is 133 Å². The van der Waals surface area contributed by atoms with Crippen LogP contribution in [0.25, 0.3) is 0 Å². The van der Waals surface area contributed by atoms with Gasteiger partial charge in [0.05, 0.1) is 12.6 Å². The summed E-state index contributed by atoms with van der Waals surface area (Å²) in [6, 6.07) is 1.07. The van der Waals surface area contributed by atoms with Crippen molar-refractivity contribution >= 4 is 24.0 Å². The number of likely N-dealkylation sites (tertiary alicyclic amines) is 1. The smallest absolute Gasteiger partial charge is 0.272 e. The lowest BCUT2D eigenvalue weighted by atomic mass is 10.2. The molecule has 9 nitrogen and oxygen atoms in total. The Balaban J connectivity index is 1.86. The van der Waals surface area contributed by atoms with Gasteiger partial charge in [0.25, 0.3) is 5.91 Å². The number of carbonyl (C=O) groups is 4. The van der Waals surface area contributed by atoms with Crippen molar-refractivity contribution in [2.24, 2.45) is 0 Å². The third-order valence-electron chi connectivity index (χ3n) is 3.63. The van der Waals surface area contributed by atoms with E-state index in [2.05, 4.69) is 15.7 Å². The van der Waals surface area contributed by atoms with E-state index in [0.717, 1.165) is 12.7 Å². The van der Waals surface area contributed by atoms with Crippen LogP contribution in [0.3, 0.4) is 0 Å². The number of carbonyl (C=O) groups excluding carboxylic acids is 4. The maximum absolute atomic E-state index is 12.0. The quantitative estimate of drug-likeness (QED) is 0.622. The van der Waals surface area contributed by atoms with Gasteiger partial charge in [-0.05, 0) is 18.9 Å². The highest BCUT2D eigenvalue weighted by Gasteiger charge is 2.28. The predicted molar refractivity (Wildman–Crippen MR) is 79.4 cm³/mol. The number of rotatable bonds is 6. The van der Waals surface area contributed by atoms with Crippen molar-refractivity contribution in [2.45, 2.75) is 25.4 Å². The molecular formula is C14H19N5O4. The molecule has 9 heteroatoms. The Morgan fingerprint density at radius 1 is 1.43 bits per heavy atom. The van der Waals surface area contributed by atoms with Crippen molar-refractivity contribution in [3.8, 4) is 0 Å². The fourth-order valence-corrected chi connectivity index (χ4v) is 2.39. The van der Waals surface area contributed by atoms with Crippen molar-refractivity contribution in [3.05, 3.63) is 18.0 Å². The van der Waals surface area contributed by atoms with Gasteiger partial charge in [-0.1, -0.05) is 0 Å². The van der Waals surface area contributed by atoms with Gasteiger partial charge in [-0.2, -0.15) is 5.10 Å². The van der Waals surface area contributed by atoms with Crippen molar-refractivity contribution < 1.29 is 19.2 Å². The molecule has 1 aromatic rings. The third kappa shape index (κ3) is 4.15. The minimum absolute atomic E-state index is 0.0114. The van der Waals surface area contributed by atoms with Gasteiger partial charge in [0.2, 0.25) is 11.8 Å². The highest BCUT2D eigenvalue weighted by atomic mass is 16.2. The summed E-state index contributed by atoms with van der Waals surface area (Å²) in [6.07, 6.45) is 3.71. The normalized spacial score (nSPS) is 16.9. The number of aromatic nitrogens is 2. The maximum Gasteiger partial charge on any atom is 0.272 e. The summed E-state index contributed by atoms with van der Waals surface area (Å²) in [5, 5.41) is 8.90. The zero-order valence-corrected chi connectivity index (χ0v) is 12.8. The molecule has 0 bridgehead atoms. The Morgan fingerprint density at radius 3 is 2.91 bits per heavy atom. The Morgan fingerprint density at radius 2 is 2.22 bits per heavy atom. The Kier molecular flexibility index (Phi) is 5.45. The van der Waals surface area contributed by atoms with Crippen LogP contribution in [-0.4, -0.2) is 64.9 Å². The van der Waals surface area contributed by atoms with E-state index < -0.39 is 11.9 Å². The van der Waals surface area contributed by atoms with Crippen LogP contribution in [0.4, 0.5) is 0 Å². The van der Waals surface area contributed by atoms with E-state index in [1.807, 2.05) is 0 Å². The SMILES string of the molecule is CNC(=O)Cn1ccc(C(=O)NCC(=O)N2CCCC2C=O)n1. The second-order valence-corrected chi connectivity index (χ2v) is 5.19. The maximum atomic E-state index is 12.0. The van der Waals surface area contributed by atoms with Gasteiger partial charge in [-0.3, -0.25) is 19.1 Å². The molecule has 2 heterocycles. The lowest BCUT2D eigenvalue weighted by molar-refractivity contribution is -0.133. The first-order chi connectivity index (χ1) is 11.0. The summed E-state index contributed by atoms with van der Waals surface area (Å²) < 4.78 is 1.33. The van der Waals surface area contributed by atoms with E-state index >= 15 is 0 Å². The van der Waals surface area contributed by atoms with E-state index in [1.54, 1.807) is 0 Å². The number of hydrogen-bond acceptors (Lipinski definition) is 5. The van der Waals surface area contributed by atoms with Gasteiger partial charge in [0.15, 0.2) is 0 Å². The zero-order valence-electron chi connectivity index (χ0n) is 12.8. The van der Waals surface area contributed by atoms with Crippen LogP contribution >= 0.6 is 0 Å². The second-order valence-electron chi connectivity index (χ2n) is 5.19. The number of hydrogen-bond donors (Lipinski definition) is 2. The molecule has 0 aromatic carbocycles. The largest absolute Gasteiger partial charge is 0.358 e. The Hall–Kier alpha value is -2.71. The minimum atomic E-state index is -0.504. The molecule has 3 amide bonds. The number of amides is 3. The van der Waals surface area contributed by atoms with Crippen LogP contribution in [0, 0.1) is 0 Å². The molecule has 1 aliphatic heterocycles. The van der Waals surface area contributed by atoms with Crippen molar-refractivity contribution in [3.63, 3.8) is 0 Å². The van der Waals surface area contributed by atoms with Crippen LogP contribution in [0.1, 0.15) is 23.3 Å². The van der Waals surface area contributed by atoms with E-state index in [0.29, 0.717) is 13.0 Å². The molecule has 2 rings (SSSR count). The van der Waals surface area contributed by atoms with Crippen LogP contribution in [0.2, 0.25) is 0 Å². The summed E-state index contributed by atoms with van der Waals surface area (Å²) in [6.45, 7) is 0.349. The zero-order chi connectivity index (χ0) is 16.8. The van der Waals surface area contributed by atoms with E-state index in [1.165, 1.54) is 28.9 Å². The molecule has 2 N–H and O–H groups in total. The molecule has 1 saturated heterocycles. The predicted octanol–water partition coefficient (Wildman–Crippen LogP) is -1.45. The van der Waals surface area contributed by atoms with Crippen LogP contribution in [-0.2, 0) is 20.9 Å². The van der Waals surface area contributed by atoms with Gasteiger partial charge in [0.1, 0.15) is 18.5 Å². The van der Waals surface area contributed by atoms with Crippen LogP contribution in [0.5, 0.6) is 0 Å². The molecule has 23 heavy (non-hydrogen) atoms. The first-order valence-corrected chi connectivity index (χ1v) is 7.32. The summed E-state index contributed by atoms with van der Waals surface area (Å²) in [7, 11) is 1.51. The minimum Gasteiger partial charge on any atom is -0.358 e. The molecule has 0 radical (unpaired) electrons. The van der Waals surface area contributed by atoms with E-state index in [9.17, 15) is 19.2 Å². The summed E-state index contributed by atoms with van der Waals surface area (Å²) >= 11 is 0. The highest BCUT2D eigenvalue weighted by Crippen LogP contribution is 2.14. The topological polar surface area (TPSA) is 113 Å². The molecule has 1 unspecified atom stereocenters. The summed E-state index contributed by atoms with van der Waals surface area (Å²) in [4.78, 5) is 47.5. The lowest BCUT2D eigenvalue weighted by Gasteiger charge is -2.20. The number of nitrogens with zero attached hydrogens (tertiary/aromatic N) is 3. The van der Waals surface area contributed by atoms with Crippen molar-refractivity contribution in [1.29, 1.82) is 0 Å². The first kappa shape index (κ1) is 16.7. The molecular weight excluding hydrogens is 302 g/mol. The van der Waals surface area contributed by atoms with Gasteiger partial charge >= 0.3 is 0 Å². The average Bonchev–Trinajstić information content (AvgIpc) is 3.20. The van der Waals surface area contributed by atoms with Crippen molar-refractivity contribution in [1.82, 2.24) is 25.3 Å². The number of likely N-dealkylation sites (N-methyl/N-ethyl adjacent to an activating group) is 1. The lowest BCUT2D eigenvalue weighted by Crippen LogP contribution is -2.43. The van der Waals surface area contributed by atoms with Gasteiger partial charge < -0.3 is 20.3 Å². The first-order valence-electron chi connectivity index (χ1n) is 7.32. The van der Waals surface area contributed by atoms with Gasteiger partial charge in [-0.25, -0.2) is 0 Å². The number of nitrogens with one attached hydrogen (secondary N) is 2. The molecule has 0 spiro atoms. The van der Waals surface area contributed by atoms with E-state index in [4.69, 9.17) is 0 Å². The van der Waals surface area contributed by atoms with Gasteiger partial charge in [0, 0.05) is 19.8 Å². The molecule has 1 aromatic heterocycles. The second kappa shape index (κ2) is 7.52. The van der Waals surface area contributed by atoms with E-state index in [-0.39, 0.29) is 30.6 Å². The fourth-order valence-electron chi connectivity index (χ4n) is 2.39. The molecule has 124 valence electrons. The highest BCUT2D eigenvalue weighted by molar-refractivity contribution is 5.95. The summed E-state index contributed by atoms with van der Waals surface area (Å²) in [5.41, 5.74) is 0.120. The van der Waals surface area contributed by atoms with Crippen LogP contribution < -0.4 is 10.6 Å². The number of aldehydes is 1. The standard InChI is InChI=1S/C14H19N5O4/c1-15-12(21)8-18-6-4-11(17-18)14(23)16-7-13(22)19-5-2-3-10(19)9-20/h4,6,9-10H,2-3,5,7-8H2,1H3,(H,15,21)(H,16,23). The molecule has 0 aliphatic carbocycles. The molecule has 1 aliphatic rings. The fraction of sp³-hybridized carbons (Fsp3) is 0.500.